The van der Waals surface area contributed by atoms with Gasteiger partial charge in [-0.3, -0.25) is 4.79 Å². The molecule has 0 aliphatic carbocycles. The zero-order valence-electron chi connectivity index (χ0n) is 17.4. The highest BCUT2D eigenvalue weighted by Crippen LogP contribution is 2.13. The van der Waals surface area contributed by atoms with E-state index >= 15 is 0 Å². The molecular formula is C24H30N4O. The Labute approximate surface area is 173 Å². The van der Waals surface area contributed by atoms with Crippen molar-refractivity contribution < 1.29 is 4.79 Å². The molecule has 0 spiro atoms. The fourth-order valence-electron chi connectivity index (χ4n) is 3.52. The van der Waals surface area contributed by atoms with Crippen LogP contribution < -0.4 is 11.1 Å². The molecule has 2 aromatic carbocycles. The number of nitrogens with one attached hydrogen (secondary N) is 1. The maximum absolute atomic E-state index is 12.5. The van der Waals surface area contributed by atoms with Gasteiger partial charge in [0.05, 0.1) is 18.1 Å². The normalized spacial score (nSPS) is 13.1. The first-order valence-corrected chi connectivity index (χ1v) is 10.1. The first kappa shape index (κ1) is 20.8. The Bertz CT molecular complexity index is 949. The van der Waals surface area contributed by atoms with E-state index in [1.165, 1.54) is 22.3 Å². The minimum absolute atomic E-state index is 0.0191. The summed E-state index contributed by atoms with van der Waals surface area (Å²) in [6.07, 6.45) is 4.95. The van der Waals surface area contributed by atoms with E-state index in [0.29, 0.717) is 6.42 Å². The minimum atomic E-state index is -0.614. The molecule has 0 fully saturated rings. The molecule has 0 aliphatic heterocycles. The zero-order chi connectivity index (χ0) is 20.8. The number of nitrogens with two attached hydrogens (primary N) is 1. The quantitative estimate of drug-likeness (QED) is 0.620. The Kier molecular flexibility index (Phi) is 6.83. The van der Waals surface area contributed by atoms with Gasteiger partial charge < -0.3 is 15.6 Å². The zero-order valence-corrected chi connectivity index (χ0v) is 17.4. The maximum atomic E-state index is 12.5. The van der Waals surface area contributed by atoms with Crippen LogP contribution in [0.2, 0.25) is 0 Å². The topological polar surface area (TPSA) is 72.9 Å². The SMILES string of the molecule is Cc1ccc(CC(C)NC(=O)[C@@H](N)Cc2cn(Cc3ccccc3)cn2)c(C)c1. The van der Waals surface area contributed by atoms with Gasteiger partial charge in [0.25, 0.3) is 0 Å². The molecule has 152 valence electrons. The molecule has 2 atom stereocenters. The smallest absolute Gasteiger partial charge is 0.237 e. The second kappa shape index (κ2) is 9.52. The molecule has 0 saturated heterocycles. The van der Waals surface area contributed by atoms with Gasteiger partial charge in [-0.25, -0.2) is 4.98 Å². The van der Waals surface area contributed by atoms with E-state index in [1.54, 1.807) is 6.33 Å². The highest BCUT2D eigenvalue weighted by Gasteiger charge is 2.18. The number of carbonyl (C=O) groups is 1. The number of imidazole rings is 1. The van der Waals surface area contributed by atoms with Gasteiger partial charge in [0.1, 0.15) is 0 Å². The average Bonchev–Trinajstić information content (AvgIpc) is 3.11. The van der Waals surface area contributed by atoms with Gasteiger partial charge in [-0.2, -0.15) is 0 Å². The summed E-state index contributed by atoms with van der Waals surface area (Å²) in [4.78, 5) is 16.9. The van der Waals surface area contributed by atoms with Crippen molar-refractivity contribution in [1.29, 1.82) is 0 Å². The predicted molar refractivity (Wildman–Crippen MR) is 117 cm³/mol. The summed E-state index contributed by atoms with van der Waals surface area (Å²) < 4.78 is 2.01. The highest BCUT2D eigenvalue weighted by atomic mass is 16.2. The van der Waals surface area contributed by atoms with Crippen molar-refractivity contribution in [2.45, 2.75) is 52.2 Å². The Morgan fingerprint density at radius 1 is 1.14 bits per heavy atom. The largest absolute Gasteiger partial charge is 0.352 e. The molecule has 1 unspecified atom stereocenters. The van der Waals surface area contributed by atoms with Crippen LogP contribution in [0.15, 0.2) is 61.1 Å². The molecule has 0 radical (unpaired) electrons. The number of carbonyl (C=O) groups excluding carboxylic acids is 1. The number of aromatic nitrogens is 2. The number of amides is 1. The van der Waals surface area contributed by atoms with E-state index in [2.05, 4.69) is 54.5 Å². The Morgan fingerprint density at radius 3 is 2.62 bits per heavy atom. The lowest BCUT2D eigenvalue weighted by Gasteiger charge is -2.18. The second-order valence-electron chi connectivity index (χ2n) is 7.88. The van der Waals surface area contributed by atoms with Crippen LogP contribution >= 0.6 is 0 Å². The third-order valence-electron chi connectivity index (χ3n) is 5.07. The van der Waals surface area contributed by atoms with Crippen LogP contribution in [-0.2, 0) is 24.2 Å². The Balaban J connectivity index is 1.51. The molecule has 1 heterocycles. The minimum Gasteiger partial charge on any atom is -0.352 e. The standard InChI is InChI=1S/C24H30N4O/c1-17-9-10-21(18(2)11-17)12-19(3)27-24(29)23(25)13-22-15-28(16-26-22)14-20-7-5-4-6-8-20/h4-11,15-16,19,23H,12-14,25H2,1-3H3,(H,27,29)/t19?,23-/m0/s1. The summed E-state index contributed by atoms with van der Waals surface area (Å²) in [6, 6.07) is 16.0. The number of hydrogen-bond acceptors (Lipinski definition) is 3. The van der Waals surface area contributed by atoms with Crippen LogP contribution in [0.4, 0.5) is 0 Å². The molecule has 3 N–H and O–H groups in total. The van der Waals surface area contributed by atoms with Crippen LogP contribution in [0, 0.1) is 13.8 Å². The molecule has 1 aromatic heterocycles. The number of benzene rings is 2. The first-order valence-electron chi connectivity index (χ1n) is 10.1. The fourth-order valence-corrected chi connectivity index (χ4v) is 3.52. The molecule has 0 saturated carbocycles. The molecule has 5 nitrogen and oxygen atoms in total. The van der Waals surface area contributed by atoms with Crippen LogP contribution in [0.5, 0.6) is 0 Å². The molecule has 3 rings (SSSR count). The van der Waals surface area contributed by atoms with Gasteiger partial charge in [-0.05, 0) is 43.9 Å². The fraction of sp³-hybridized carbons (Fsp3) is 0.333. The first-order chi connectivity index (χ1) is 13.9. The van der Waals surface area contributed by atoms with Gasteiger partial charge in [-0.1, -0.05) is 54.1 Å². The van der Waals surface area contributed by atoms with E-state index in [-0.39, 0.29) is 11.9 Å². The van der Waals surface area contributed by atoms with Gasteiger partial charge in [0, 0.05) is 25.2 Å². The van der Waals surface area contributed by atoms with E-state index in [0.717, 1.165) is 18.7 Å². The number of nitrogens with zero attached hydrogens (tertiary/aromatic N) is 2. The van der Waals surface area contributed by atoms with Crippen LogP contribution in [-0.4, -0.2) is 27.5 Å². The van der Waals surface area contributed by atoms with E-state index in [4.69, 9.17) is 5.73 Å². The van der Waals surface area contributed by atoms with Gasteiger partial charge in [-0.15, -0.1) is 0 Å². The van der Waals surface area contributed by atoms with Crippen molar-refractivity contribution in [3.05, 3.63) is 89.0 Å². The average molecular weight is 391 g/mol. The number of hydrogen-bond donors (Lipinski definition) is 2. The molecule has 5 heteroatoms. The lowest BCUT2D eigenvalue weighted by molar-refractivity contribution is -0.122. The summed E-state index contributed by atoms with van der Waals surface area (Å²) in [6.45, 7) is 6.96. The summed E-state index contributed by atoms with van der Waals surface area (Å²) >= 11 is 0. The lowest BCUT2D eigenvalue weighted by Crippen LogP contribution is -2.46. The summed E-state index contributed by atoms with van der Waals surface area (Å²) in [7, 11) is 0. The summed E-state index contributed by atoms with van der Waals surface area (Å²) in [5.74, 6) is -0.139. The summed E-state index contributed by atoms with van der Waals surface area (Å²) in [5.41, 5.74) is 11.9. The molecule has 0 bridgehead atoms. The monoisotopic (exact) mass is 390 g/mol. The van der Waals surface area contributed by atoms with E-state index < -0.39 is 6.04 Å². The van der Waals surface area contributed by atoms with Crippen molar-refractivity contribution in [3.63, 3.8) is 0 Å². The molecular weight excluding hydrogens is 360 g/mol. The van der Waals surface area contributed by atoms with Crippen molar-refractivity contribution in [3.8, 4) is 0 Å². The van der Waals surface area contributed by atoms with Crippen LogP contribution in [0.3, 0.4) is 0 Å². The summed E-state index contributed by atoms with van der Waals surface area (Å²) in [5, 5.41) is 3.04. The lowest BCUT2D eigenvalue weighted by atomic mass is 9.99. The Morgan fingerprint density at radius 2 is 1.90 bits per heavy atom. The third kappa shape index (κ3) is 6.03. The number of rotatable bonds is 8. The molecule has 1 amide bonds. The molecule has 3 aromatic rings. The Hall–Kier alpha value is -2.92. The highest BCUT2D eigenvalue weighted by molar-refractivity contribution is 5.82. The van der Waals surface area contributed by atoms with Crippen molar-refractivity contribution in [1.82, 2.24) is 14.9 Å². The second-order valence-corrected chi connectivity index (χ2v) is 7.88. The maximum Gasteiger partial charge on any atom is 0.237 e. The third-order valence-corrected chi connectivity index (χ3v) is 5.07. The van der Waals surface area contributed by atoms with Gasteiger partial charge in [0.15, 0.2) is 0 Å². The van der Waals surface area contributed by atoms with Crippen molar-refractivity contribution >= 4 is 5.91 Å². The number of aryl methyl sites for hydroxylation is 2. The van der Waals surface area contributed by atoms with Crippen molar-refractivity contribution in [2.75, 3.05) is 0 Å². The van der Waals surface area contributed by atoms with E-state index in [9.17, 15) is 4.79 Å². The van der Waals surface area contributed by atoms with Crippen LogP contribution in [0.1, 0.15) is 34.9 Å². The molecule has 29 heavy (non-hydrogen) atoms. The van der Waals surface area contributed by atoms with Crippen molar-refractivity contribution in [2.24, 2.45) is 5.73 Å². The van der Waals surface area contributed by atoms with Crippen LogP contribution in [0.25, 0.3) is 0 Å². The predicted octanol–water partition coefficient (Wildman–Crippen LogP) is 3.17. The van der Waals surface area contributed by atoms with Gasteiger partial charge >= 0.3 is 0 Å². The van der Waals surface area contributed by atoms with E-state index in [1.807, 2.05) is 35.9 Å². The van der Waals surface area contributed by atoms with Gasteiger partial charge in [0.2, 0.25) is 5.91 Å². The molecule has 0 aliphatic rings.